The predicted octanol–water partition coefficient (Wildman–Crippen LogP) is 3.13. The molecule has 0 aliphatic rings. The number of rotatable bonds is 6. The van der Waals surface area contributed by atoms with Crippen molar-refractivity contribution in [3.63, 3.8) is 0 Å². The van der Waals surface area contributed by atoms with Crippen LogP contribution in [0.15, 0.2) is 12.1 Å². The van der Waals surface area contributed by atoms with E-state index in [0.717, 1.165) is 6.07 Å². The summed E-state index contributed by atoms with van der Waals surface area (Å²) < 4.78 is 48.7. The summed E-state index contributed by atoms with van der Waals surface area (Å²) in [5.74, 6) is -0.869. The molecule has 7 heteroatoms. The number of hydrogen-bond acceptors (Lipinski definition) is 3. The Labute approximate surface area is 114 Å². The largest absolute Gasteiger partial charge is 0.493 e. The Bertz CT molecular complexity index is 483. The fourth-order valence-corrected chi connectivity index (χ4v) is 1.82. The van der Waals surface area contributed by atoms with Crippen molar-refractivity contribution in [1.82, 2.24) is 0 Å². The van der Waals surface area contributed by atoms with Crippen molar-refractivity contribution in [3.8, 4) is 11.5 Å². The van der Waals surface area contributed by atoms with Crippen molar-refractivity contribution in [1.29, 1.82) is 0 Å². The van der Waals surface area contributed by atoms with E-state index in [4.69, 9.17) is 14.6 Å². The van der Waals surface area contributed by atoms with Gasteiger partial charge in [-0.1, -0.05) is 0 Å². The minimum atomic E-state index is -4.53. The fraction of sp³-hybridized carbons (Fsp3) is 0.462. The van der Waals surface area contributed by atoms with Gasteiger partial charge in [0.25, 0.3) is 0 Å². The van der Waals surface area contributed by atoms with Crippen LogP contribution < -0.4 is 9.47 Å². The molecule has 112 valence electrons. The van der Waals surface area contributed by atoms with Crippen LogP contribution in [0.2, 0.25) is 0 Å². The number of carbonyl (C=O) groups is 1. The highest BCUT2D eigenvalue weighted by molar-refractivity contribution is 5.66. The lowest BCUT2D eigenvalue weighted by atomic mass is 10.0. The second-order valence-corrected chi connectivity index (χ2v) is 4.11. The van der Waals surface area contributed by atoms with Crippen molar-refractivity contribution < 1.29 is 32.5 Å². The maximum Gasteiger partial charge on any atom is 0.416 e. The molecule has 0 bridgehead atoms. The first-order chi connectivity index (χ1) is 9.29. The van der Waals surface area contributed by atoms with Crippen LogP contribution in [0.1, 0.15) is 24.0 Å². The van der Waals surface area contributed by atoms with Gasteiger partial charge in [-0.05, 0) is 30.5 Å². The van der Waals surface area contributed by atoms with Crippen molar-refractivity contribution in [3.05, 3.63) is 23.3 Å². The van der Waals surface area contributed by atoms with E-state index in [2.05, 4.69) is 0 Å². The normalized spacial score (nSPS) is 11.2. The highest BCUT2D eigenvalue weighted by Gasteiger charge is 2.34. The molecule has 0 aliphatic heterocycles. The summed E-state index contributed by atoms with van der Waals surface area (Å²) in [4.78, 5) is 10.4. The number of hydrogen-bond donors (Lipinski definition) is 1. The zero-order valence-electron chi connectivity index (χ0n) is 11.1. The van der Waals surface area contributed by atoms with Crippen LogP contribution in [-0.2, 0) is 17.4 Å². The van der Waals surface area contributed by atoms with Gasteiger partial charge in [0.2, 0.25) is 0 Å². The summed E-state index contributed by atoms with van der Waals surface area (Å²) in [5, 5.41) is 8.54. The summed E-state index contributed by atoms with van der Waals surface area (Å²) in [7, 11) is 2.58. The van der Waals surface area contributed by atoms with Crippen molar-refractivity contribution in [2.45, 2.75) is 25.4 Å². The van der Waals surface area contributed by atoms with Gasteiger partial charge in [0.15, 0.2) is 11.5 Å². The molecule has 1 aromatic carbocycles. The molecule has 0 saturated carbocycles. The van der Waals surface area contributed by atoms with E-state index in [1.54, 1.807) is 0 Å². The molecule has 0 unspecified atom stereocenters. The molecule has 0 heterocycles. The standard InChI is InChI=1S/C13H15F3O4/c1-19-10-6-8(4-3-5-12(17)18)9(13(14,15)16)7-11(10)20-2/h6-7H,3-5H2,1-2H3,(H,17,18). The van der Waals surface area contributed by atoms with Gasteiger partial charge in [0, 0.05) is 6.42 Å². The van der Waals surface area contributed by atoms with Gasteiger partial charge in [-0.3, -0.25) is 4.79 Å². The maximum absolute atomic E-state index is 13.0. The summed E-state index contributed by atoms with van der Waals surface area (Å²) in [6.45, 7) is 0. The molecule has 0 radical (unpaired) electrons. The second-order valence-electron chi connectivity index (χ2n) is 4.11. The SMILES string of the molecule is COc1cc(CCCC(=O)O)c(C(F)(F)F)cc1OC. The summed E-state index contributed by atoms with van der Waals surface area (Å²) in [6, 6.07) is 2.11. The van der Waals surface area contributed by atoms with Crippen LogP contribution in [-0.4, -0.2) is 25.3 Å². The molecule has 1 rings (SSSR count). The second kappa shape index (κ2) is 6.49. The molecule has 4 nitrogen and oxygen atoms in total. The number of carboxylic acid groups (broad SMARTS) is 1. The van der Waals surface area contributed by atoms with Crippen LogP contribution in [0, 0.1) is 0 Å². The molecule has 1 aromatic rings. The fourth-order valence-electron chi connectivity index (χ4n) is 1.82. The quantitative estimate of drug-likeness (QED) is 0.875. The maximum atomic E-state index is 13.0. The first-order valence-corrected chi connectivity index (χ1v) is 5.83. The average Bonchev–Trinajstić information content (AvgIpc) is 2.36. The van der Waals surface area contributed by atoms with Crippen molar-refractivity contribution in [2.24, 2.45) is 0 Å². The van der Waals surface area contributed by atoms with Gasteiger partial charge in [0.05, 0.1) is 19.8 Å². The number of aryl methyl sites for hydroxylation is 1. The number of ether oxygens (including phenoxy) is 2. The molecular formula is C13H15F3O4. The van der Waals surface area contributed by atoms with E-state index in [0.29, 0.717) is 0 Å². The third-order valence-electron chi connectivity index (χ3n) is 2.75. The van der Waals surface area contributed by atoms with Crippen molar-refractivity contribution >= 4 is 5.97 Å². The number of halogens is 3. The Morgan fingerprint density at radius 2 is 1.75 bits per heavy atom. The molecular weight excluding hydrogens is 277 g/mol. The molecule has 1 N–H and O–H groups in total. The third-order valence-corrected chi connectivity index (χ3v) is 2.75. The van der Waals surface area contributed by atoms with E-state index in [-0.39, 0.29) is 36.3 Å². The molecule has 0 atom stereocenters. The van der Waals surface area contributed by atoms with E-state index in [1.165, 1.54) is 20.3 Å². The molecule has 20 heavy (non-hydrogen) atoms. The Kier molecular flexibility index (Phi) is 5.24. The number of alkyl halides is 3. The average molecular weight is 292 g/mol. The Morgan fingerprint density at radius 3 is 2.20 bits per heavy atom. The molecule has 0 aromatic heterocycles. The zero-order chi connectivity index (χ0) is 15.3. The van der Waals surface area contributed by atoms with E-state index < -0.39 is 17.7 Å². The monoisotopic (exact) mass is 292 g/mol. The predicted molar refractivity (Wildman–Crippen MR) is 65.1 cm³/mol. The number of methoxy groups -OCH3 is 2. The van der Waals surface area contributed by atoms with E-state index in [9.17, 15) is 18.0 Å². The van der Waals surface area contributed by atoms with E-state index >= 15 is 0 Å². The van der Waals surface area contributed by atoms with Crippen LogP contribution in [0.4, 0.5) is 13.2 Å². The van der Waals surface area contributed by atoms with Crippen LogP contribution in [0.25, 0.3) is 0 Å². The number of carboxylic acids is 1. The zero-order valence-corrected chi connectivity index (χ0v) is 11.1. The highest BCUT2D eigenvalue weighted by Crippen LogP contribution is 2.39. The Hall–Kier alpha value is -1.92. The number of aliphatic carboxylic acids is 1. The topological polar surface area (TPSA) is 55.8 Å². The lowest BCUT2D eigenvalue weighted by Crippen LogP contribution is -2.11. The van der Waals surface area contributed by atoms with Gasteiger partial charge in [0.1, 0.15) is 0 Å². The van der Waals surface area contributed by atoms with Crippen LogP contribution in [0.5, 0.6) is 11.5 Å². The smallest absolute Gasteiger partial charge is 0.416 e. The third kappa shape index (κ3) is 4.04. The Morgan fingerprint density at radius 1 is 1.20 bits per heavy atom. The molecule has 0 aliphatic carbocycles. The molecule has 0 saturated heterocycles. The molecule has 0 spiro atoms. The van der Waals surface area contributed by atoms with Gasteiger partial charge in [-0.25, -0.2) is 0 Å². The first-order valence-electron chi connectivity index (χ1n) is 5.83. The summed E-state index contributed by atoms with van der Waals surface area (Å²) >= 11 is 0. The lowest BCUT2D eigenvalue weighted by Gasteiger charge is -2.16. The highest BCUT2D eigenvalue weighted by atomic mass is 19.4. The number of benzene rings is 1. The summed E-state index contributed by atoms with van der Waals surface area (Å²) in [5.41, 5.74) is -0.836. The molecule has 0 amide bonds. The van der Waals surface area contributed by atoms with Crippen molar-refractivity contribution in [2.75, 3.05) is 14.2 Å². The van der Waals surface area contributed by atoms with E-state index in [1.807, 2.05) is 0 Å². The first kappa shape index (κ1) is 16.1. The lowest BCUT2D eigenvalue weighted by molar-refractivity contribution is -0.138. The van der Waals surface area contributed by atoms with Gasteiger partial charge < -0.3 is 14.6 Å². The minimum absolute atomic E-state index is 0.00149. The van der Waals surface area contributed by atoms with Crippen LogP contribution in [0.3, 0.4) is 0 Å². The van der Waals surface area contributed by atoms with Gasteiger partial charge in [-0.15, -0.1) is 0 Å². The van der Waals surface area contributed by atoms with Gasteiger partial charge in [-0.2, -0.15) is 13.2 Å². The minimum Gasteiger partial charge on any atom is -0.493 e. The molecule has 0 fully saturated rings. The van der Waals surface area contributed by atoms with Gasteiger partial charge >= 0.3 is 12.1 Å². The van der Waals surface area contributed by atoms with Crippen LogP contribution >= 0.6 is 0 Å². The summed E-state index contributed by atoms with van der Waals surface area (Å²) in [6.07, 6.45) is -4.60. The Balaban J connectivity index is 3.14.